The molecular weight excluding hydrogens is 242 g/mol. The topological polar surface area (TPSA) is 51.8 Å². The molecule has 0 saturated heterocycles. The quantitative estimate of drug-likeness (QED) is 0.899. The van der Waals surface area contributed by atoms with Crippen LogP contribution in [0.15, 0.2) is 24.3 Å². The van der Waals surface area contributed by atoms with Gasteiger partial charge in [-0.25, -0.2) is 0 Å². The summed E-state index contributed by atoms with van der Waals surface area (Å²) in [5, 5.41) is 10.1. The van der Waals surface area contributed by atoms with Crippen LogP contribution in [0.25, 0.3) is 10.6 Å². The summed E-state index contributed by atoms with van der Waals surface area (Å²) in [5.41, 5.74) is 8.40. The minimum atomic E-state index is -0.0508. The number of hydrogen-bond donors (Lipinski definition) is 1. The smallest absolute Gasteiger partial charge is 0.147 e. The van der Waals surface area contributed by atoms with Crippen molar-refractivity contribution in [2.75, 3.05) is 0 Å². The zero-order valence-corrected chi connectivity index (χ0v) is 12.1. The van der Waals surface area contributed by atoms with Gasteiger partial charge in [0.25, 0.3) is 0 Å². The van der Waals surface area contributed by atoms with Crippen molar-refractivity contribution in [1.82, 2.24) is 10.2 Å². The van der Waals surface area contributed by atoms with Crippen molar-refractivity contribution in [2.45, 2.75) is 39.2 Å². The highest BCUT2D eigenvalue weighted by molar-refractivity contribution is 7.14. The first kappa shape index (κ1) is 13.2. The first-order valence-corrected chi connectivity index (χ1v) is 6.89. The maximum Gasteiger partial charge on any atom is 0.147 e. The first-order chi connectivity index (χ1) is 8.38. The highest BCUT2D eigenvalue weighted by atomic mass is 32.1. The summed E-state index contributed by atoms with van der Waals surface area (Å²) < 4.78 is 0. The van der Waals surface area contributed by atoms with E-state index >= 15 is 0 Å². The number of nitrogens with two attached hydrogens (primary N) is 1. The molecule has 3 nitrogen and oxygen atoms in total. The molecule has 4 heteroatoms. The minimum absolute atomic E-state index is 0.0508. The van der Waals surface area contributed by atoms with Crippen LogP contribution in [0.2, 0.25) is 0 Å². The largest absolute Gasteiger partial charge is 0.322 e. The Balaban J connectivity index is 2.29. The second-order valence-electron chi connectivity index (χ2n) is 5.56. The molecular formula is C14H19N3S. The number of aromatic nitrogens is 2. The fourth-order valence-electron chi connectivity index (χ4n) is 1.65. The van der Waals surface area contributed by atoms with E-state index in [1.165, 1.54) is 5.56 Å². The van der Waals surface area contributed by atoms with E-state index < -0.39 is 0 Å². The van der Waals surface area contributed by atoms with Crippen LogP contribution in [0.4, 0.5) is 0 Å². The van der Waals surface area contributed by atoms with Gasteiger partial charge in [-0.3, -0.25) is 0 Å². The summed E-state index contributed by atoms with van der Waals surface area (Å²) >= 11 is 1.56. The van der Waals surface area contributed by atoms with E-state index in [2.05, 4.69) is 55.2 Å². The van der Waals surface area contributed by atoms with Crippen molar-refractivity contribution in [2.24, 2.45) is 5.73 Å². The Labute approximate surface area is 112 Å². The van der Waals surface area contributed by atoms with Gasteiger partial charge in [-0.1, -0.05) is 56.4 Å². The molecule has 2 rings (SSSR count). The van der Waals surface area contributed by atoms with Gasteiger partial charge in [0.1, 0.15) is 10.0 Å². The van der Waals surface area contributed by atoms with Crippen LogP contribution < -0.4 is 5.73 Å². The highest BCUT2D eigenvalue weighted by Gasteiger charge is 2.14. The molecule has 0 fully saturated rings. The second-order valence-corrected chi connectivity index (χ2v) is 6.57. The minimum Gasteiger partial charge on any atom is -0.322 e. The molecule has 0 spiro atoms. The molecule has 96 valence electrons. The van der Waals surface area contributed by atoms with Crippen LogP contribution in [0.1, 0.15) is 44.3 Å². The molecule has 0 aliphatic rings. The van der Waals surface area contributed by atoms with Crippen molar-refractivity contribution < 1.29 is 0 Å². The lowest BCUT2D eigenvalue weighted by Crippen LogP contribution is -2.10. The molecule has 0 bridgehead atoms. The highest BCUT2D eigenvalue weighted by Crippen LogP contribution is 2.28. The monoisotopic (exact) mass is 261 g/mol. The SMILES string of the molecule is CC(N)c1nnc(-c2ccc(C(C)(C)C)cc2)s1. The molecule has 0 saturated carbocycles. The van der Waals surface area contributed by atoms with E-state index in [0.717, 1.165) is 15.6 Å². The van der Waals surface area contributed by atoms with Crippen molar-refractivity contribution >= 4 is 11.3 Å². The summed E-state index contributed by atoms with van der Waals surface area (Å²) in [6.07, 6.45) is 0. The van der Waals surface area contributed by atoms with Crippen LogP contribution in [-0.4, -0.2) is 10.2 Å². The number of rotatable bonds is 2. The first-order valence-electron chi connectivity index (χ1n) is 6.08. The molecule has 1 aromatic carbocycles. The number of hydrogen-bond acceptors (Lipinski definition) is 4. The average molecular weight is 261 g/mol. The molecule has 0 amide bonds. The molecule has 2 aromatic rings. The molecule has 0 radical (unpaired) electrons. The average Bonchev–Trinajstić information content (AvgIpc) is 2.77. The van der Waals surface area contributed by atoms with E-state index in [9.17, 15) is 0 Å². The van der Waals surface area contributed by atoms with E-state index in [4.69, 9.17) is 5.73 Å². The third kappa shape index (κ3) is 2.76. The maximum atomic E-state index is 5.79. The lowest BCUT2D eigenvalue weighted by molar-refractivity contribution is 0.590. The number of nitrogens with zero attached hydrogens (tertiary/aromatic N) is 2. The Morgan fingerprint density at radius 1 is 1.11 bits per heavy atom. The standard InChI is InChI=1S/C14H19N3S/c1-9(15)12-16-17-13(18-12)10-5-7-11(8-6-10)14(2,3)4/h5-9H,15H2,1-4H3. The Morgan fingerprint density at radius 3 is 2.17 bits per heavy atom. The predicted molar refractivity (Wildman–Crippen MR) is 76.6 cm³/mol. The Bertz CT molecular complexity index is 521. The van der Waals surface area contributed by atoms with Gasteiger partial charge >= 0.3 is 0 Å². The lowest BCUT2D eigenvalue weighted by atomic mass is 9.87. The van der Waals surface area contributed by atoms with Gasteiger partial charge in [-0.15, -0.1) is 10.2 Å². The molecule has 1 unspecified atom stereocenters. The zero-order chi connectivity index (χ0) is 13.3. The van der Waals surface area contributed by atoms with Crippen LogP contribution in [0, 0.1) is 0 Å². The molecule has 2 N–H and O–H groups in total. The predicted octanol–water partition coefficient (Wildman–Crippen LogP) is 3.52. The molecule has 1 heterocycles. The van der Waals surface area contributed by atoms with E-state index in [-0.39, 0.29) is 11.5 Å². The van der Waals surface area contributed by atoms with Gasteiger partial charge in [0.05, 0.1) is 6.04 Å². The van der Waals surface area contributed by atoms with Gasteiger partial charge in [0, 0.05) is 5.56 Å². The van der Waals surface area contributed by atoms with Gasteiger partial charge in [-0.05, 0) is 17.9 Å². The van der Waals surface area contributed by atoms with Crippen LogP contribution in [-0.2, 0) is 5.41 Å². The summed E-state index contributed by atoms with van der Waals surface area (Å²) in [4.78, 5) is 0. The van der Waals surface area contributed by atoms with Crippen molar-refractivity contribution in [3.05, 3.63) is 34.8 Å². The fraction of sp³-hybridized carbons (Fsp3) is 0.429. The van der Waals surface area contributed by atoms with Gasteiger partial charge in [0.2, 0.25) is 0 Å². The third-order valence-electron chi connectivity index (χ3n) is 2.83. The van der Waals surface area contributed by atoms with Gasteiger partial charge in [-0.2, -0.15) is 0 Å². The van der Waals surface area contributed by atoms with Crippen molar-refractivity contribution in [3.8, 4) is 10.6 Å². The molecule has 0 aliphatic carbocycles. The zero-order valence-electron chi connectivity index (χ0n) is 11.3. The van der Waals surface area contributed by atoms with Crippen molar-refractivity contribution in [1.29, 1.82) is 0 Å². The van der Waals surface area contributed by atoms with Gasteiger partial charge in [0.15, 0.2) is 0 Å². The third-order valence-corrected chi connectivity index (χ3v) is 4.00. The Morgan fingerprint density at radius 2 is 1.72 bits per heavy atom. The Kier molecular flexibility index (Phi) is 3.50. The van der Waals surface area contributed by atoms with Crippen LogP contribution in [0.3, 0.4) is 0 Å². The van der Waals surface area contributed by atoms with Crippen LogP contribution in [0.5, 0.6) is 0 Å². The number of benzene rings is 1. The molecule has 1 aromatic heterocycles. The summed E-state index contributed by atoms with van der Waals surface area (Å²) in [6, 6.07) is 8.47. The normalized spacial score (nSPS) is 13.6. The molecule has 1 atom stereocenters. The van der Waals surface area contributed by atoms with E-state index in [1.54, 1.807) is 11.3 Å². The molecule has 18 heavy (non-hydrogen) atoms. The summed E-state index contributed by atoms with van der Waals surface area (Å²) in [6.45, 7) is 8.55. The van der Waals surface area contributed by atoms with E-state index in [1.807, 2.05) is 6.92 Å². The summed E-state index contributed by atoms with van der Waals surface area (Å²) in [5.74, 6) is 0. The second kappa shape index (κ2) is 4.78. The lowest BCUT2D eigenvalue weighted by Gasteiger charge is -2.18. The maximum absolute atomic E-state index is 5.79. The Hall–Kier alpha value is -1.26. The van der Waals surface area contributed by atoms with Gasteiger partial charge < -0.3 is 5.73 Å². The molecule has 0 aliphatic heterocycles. The van der Waals surface area contributed by atoms with E-state index in [0.29, 0.717) is 0 Å². The van der Waals surface area contributed by atoms with Crippen molar-refractivity contribution in [3.63, 3.8) is 0 Å². The summed E-state index contributed by atoms with van der Waals surface area (Å²) in [7, 11) is 0. The fourth-order valence-corrected chi connectivity index (χ4v) is 2.45. The van der Waals surface area contributed by atoms with Crippen LogP contribution >= 0.6 is 11.3 Å².